The van der Waals surface area contributed by atoms with Crippen LogP contribution in [-0.4, -0.2) is 17.9 Å². The summed E-state index contributed by atoms with van der Waals surface area (Å²) in [5, 5.41) is 0. The zero-order valence-corrected chi connectivity index (χ0v) is 11.1. The summed E-state index contributed by atoms with van der Waals surface area (Å²) >= 11 is 0. The van der Waals surface area contributed by atoms with Crippen LogP contribution in [0.2, 0.25) is 0 Å². The molecule has 0 N–H and O–H groups in total. The molecule has 0 radical (unpaired) electrons. The van der Waals surface area contributed by atoms with Gasteiger partial charge in [0.15, 0.2) is 5.78 Å². The molecule has 2 rings (SSSR count). The fourth-order valence-electron chi connectivity index (χ4n) is 2.68. The first kappa shape index (κ1) is 13.1. The van der Waals surface area contributed by atoms with E-state index in [1.54, 1.807) is 0 Å². The number of ketones is 1. The highest BCUT2D eigenvalue weighted by molar-refractivity contribution is 5.95. The van der Waals surface area contributed by atoms with Crippen molar-refractivity contribution in [2.45, 2.75) is 45.6 Å². The average Bonchev–Trinajstić information content (AvgIpc) is 2.58. The van der Waals surface area contributed by atoms with Gasteiger partial charge < -0.3 is 4.74 Å². The van der Waals surface area contributed by atoms with E-state index in [1.165, 1.54) is 0 Å². The van der Waals surface area contributed by atoms with Crippen LogP contribution in [-0.2, 0) is 14.3 Å². The summed E-state index contributed by atoms with van der Waals surface area (Å²) < 4.78 is 5.39. The maximum absolute atomic E-state index is 11.8. The monoisotopic (exact) mass is 248 g/mol. The zero-order chi connectivity index (χ0) is 13.3. The van der Waals surface area contributed by atoms with Crippen molar-refractivity contribution in [2.75, 3.05) is 0 Å². The van der Waals surface area contributed by atoms with Crippen LogP contribution >= 0.6 is 0 Å². The van der Waals surface area contributed by atoms with E-state index >= 15 is 0 Å². The molecule has 18 heavy (non-hydrogen) atoms. The van der Waals surface area contributed by atoms with Crippen molar-refractivity contribution in [1.82, 2.24) is 0 Å². The van der Waals surface area contributed by atoms with Crippen LogP contribution in [0.5, 0.6) is 0 Å². The van der Waals surface area contributed by atoms with E-state index in [1.807, 2.05) is 13.0 Å². The van der Waals surface area contributed by atoms with Crippen LogP contribution < -0.4 is 0 Å². The van der Waals surface area contributed by atoms with Gasteiger partial charge >= 0.3 is 5.97 Å². The van der Waals surface area contributed by atoms with Gasteiger partial charge in [-0.3, -0.25) is 4.79 Å². The van der Waals surface area contributed by atoms with Gasteiger partial charge in [0.25, 0.3) is 0 Å². The number of carbonyl (C=O) groups excluding carboxylic acids is 2. The number of allylic oxidation sites excluding steroid dienone is 2. The molecule has 1 aliphatic carbocycles. The van der Waals surface area contributed by atoms with Gasteiger partial charge in [0.2, 0.25) is 0 Å². The summed E-state index contributed by atoms with van der Waals surface area (Å²) in [6, 6.07) is 0. The number of ether oxygens (including phenoxy) is 1. The van der Waals surface area contributed by atoms with Gasteiger partial charge in [-0.15, -0.1) is 0 Å². The lowest BCUT2D eigenvalue weighted by Crippen LogP contribution is -2.21. The Bertz CT molecular complexity index is 419. The Kier molecular flexibility index (Phi) is 3.69. The smallest absolute Gasteiger partial charge is 0.334 e. The van der Waals surface area contributed by atoms with Crippen molar-refractivity contribution >= 4 is 11.8 Å². The first-order valence-corrected chi connectivity index (χ1v) is 6.58. The van der Waals surface area contributed by atoms with Crippen molar-refractivity contribution in [3.63, 3.8) is 0 Å². The summed E-state index contributed by atoms with van der Waals surface area (Å²) in [5.74, 6) is 0.386. The first-order valence-electron chi connectivity index (χ1n) is 6.58. The number of fused-ring (bicyclic) bond motifs is 1. The van der Waals surface area contributed by atoms with Gasteiger partial charge in [-0.05, 0) is 37.7 Å². The van der Waals surface area contributed by atoms with Crippen molar-refractivity contribution in [3.05, 3.63) is 23.8 Å². The number of hydrogen-bond acceptors (Lipinski definition) is 3. The minimum absolute atomic E-state index is 0.0424. The highest BCUT2D eigenvalue weighted by Gasteiger charge is 2.38. The van der Waals surface area contributed by atoms with E-state index in [0.717, 1.165) is 18.4 Å². The molecule has 1 heterocycles. The molecule has 3 heteroatoms. The Morgan fingerprint density at radius 2 is 2.11 bits per heavy atom. The molecule has 3 nitrogen and oxygen atoms in total. The van der Waals surface area contributed by atoms with E-state index in [2.05, 4.69) is 13.5 Å². The van der Waals surface area contributed by atoms with Crippen molar-refractivity contribution < 1.29 is 14.3 Å². The van der Waals surface area contributed by atoms with Gasteiger partial charge in [-0.2, -0.15) is 0 Å². The van der Waals surface area contributed by atoms with E-state index in [-0.39, 0.29) is 23.8 Å². The molecule has 0 amide bonds. The molecule has 3 atom stereocenters. The second-order valence-electron chi connectivity index (χ2n) is 5.50. The summed E-state index contributed by atoms with van der Waals surface area (Å²) in [4.78, 5) is 23.4. The van der Waals surface area contributed by atoms with Gasteiger partial charge in [0.05, 0.1) is 0 Å². The molecule has 0 saturated carbocycles. The molecule has 0 bridgehead atoms. The molecule has 0 aromatic carbocycles. The average molecular weight is 248 g/mol. The fourth-order valence-corrected chi connectivity index (χ4v) is 2.68. The molecule has 0 aromatic rings. The quantitative estimate of drug-likeness (QED) is 0.489. The van der Waals surface area contributed by atoms with E-state index < -0.39 is 0 Å². The van der Waals surface area contributed by atoms with Crippen molar-refractivity contribution in [2.24, 2.45) is 11.8 Å². The van der Waals surface area contributed by atoms with Crippen molar-refractivity contribution in [3.8, 4) is 0 Å². The minimum Gasteiger partial charge on any atom is -0.458 e. The maximum Gasteiger partial charge on any atom is 0.334 e. The summed E-state index contributed by atoms with van der Waals surface area (Å²) in [6.07, 6.45) is 4.84. The highest BCUT2D eigenvalue weighted by Crippen LogP contribution is 2.35. The third-order valence-corrected chi connectivity index (χ3v) is 4.03. The van der Waals surface area contributed by atoms with Gasteiger partial charge in [0.1, 0.15) is 6.10 Å². The van der Waals surface area contributed by atoms with Crippen LogP contribution in [0.4, 0.5) is 0 Å². The first-order chi connectivity index (χ1) is 8.49. The van der Waals surface area contributed by atoms with E-state index in [4.69, 9.17) is 4.74 Å². The summed E-state index contributed by atoms with van der Waals surface area (Å²) in [6.45, 7) is 7.79. The van der Waals surface area contributed by atoms with E-state index in [9.17, 15) is 9.59 Å². The summed E-state index contributed by atoms with van der Waals surface area (Å²) in [7, 11) is 0. The Hall–Kier alpha value is -1.38. The molecule has 1 aliphatic heterocycles. The second-order valence-corrected chi connectivity index (χ2v) is 5.50. The Morgan fingerprint density at radius 3 is 2.83 bits per heavy atom. The number of esters is 1. The standard InChI is InChI=1S/C15H20O3/c1-9-4-7-13(16)10(2)5-6-12-11(3)15(17)18-14(12)8-9/h5,9,12,14H,3-4,6-8H2,1-2H3/b10-5-/t9-,12+,14+/m1/s1. The lowest BCUT2D eigenvalue weighted by atomic mass is 9.84. The SMILES string of the molecule is C=C1C(=O)O[C@H]2C[C@H](C)CCC(=O)/C(C)=C\C[C@@H]12. The Balaban J connectivity index is 2.23. The number of hydrogen-bond donors (Lipinski definition) is 0. The lowest BCUT2D eigenvalue weighted by Gasteiger charge is -2.21. The normalized spacial score (nSPS) is 36.7. The highest BCUT2D eigenvalue weighted by atomic mass is 16.6. The van der Waals surface area contributed by atoms with Crippen LogP contribution in [0.25, 0.3) is 0 Å². The van der Waals surface area contributed by atoms with Gasteiger partial charge in [0, 0.05) is 17.9 Å². The topological polar surface area (TPSA) is 43.4 Å². The molecular formula is C15H20O3. The van der Waals surface area contributed by atoms with Crippen molar-refractivity contribution in [1.29, 1.82) is 0 Å². The molecule has 98 valence electrons. The van der Waals surface area contributed by atoms with Crippen LogP contribution in [0.3, 0.4) is 0 Å². The van der Waals surface area contributed by atoms with E-state index in [0.29, 0.717) is 24.3 Å². The molecule has 1 fully saturated rings. The largest absolute Gasteiger partial charge is 0.458 e. The van der Waals surface area contributed by atoms with Gasteiger partial charge in [-0.1, -0.05) is 19.6 Å². The molecular weight excluding hydrogens is 228 g/mol. The Morgan fingerprint density at radius 1 is 1.39 bits per heavy atom. The maximum atomic E-state index is 11.8. The molecule has 2 aliphatic rings. The number of Topliss-reactive ketones (excluding diaryl/α,β-unsaturated/α-hetero) is 1. The molecule has 0 unspecified atom stereocenters. The predicted octanol–water partition coefficient (Wildman–Crippen LogP) is 2.81. The molecule has 0 aromatic heterocycles. The molecule has 1 saturated heterocycles. The number of carbonyl (C=O) groups is 2. The van der Waals surface area contributed by atoms with Crippen LogP contribution in [0.15, 0.2) is 23.8 Å². The van der Waals surface area contributed by atoms with Crippen LogP contribution in [0.1, 0.15) is 39.5 Å². The lowest BCUT2D eigenvalue weighted by molar-refractivity contribution is -0.139. The third-order valence-electron chi connectivity index (χ3n) is 4.03. The predicted molar refractivity (Wildman–Crippen MR) is 68.9 cm³/mol. The minimum atomic E-state index is -0.270. The zero-order valence-electron chi connectivity index (χ0n) is 11.1. The fraction of sp³-hybridized carbons (Fsp3) is 0.600. The molecule has 0 spiro atoms. The Labute approximate surface area is 108 Å². The third kappa shape index (κ3) is 2.55. The van der Waals surface area contributed by atoms with Gasteiger partial charge in [-0.25, -0.2) is 4.79 Å². The number of rotatable bonds is 0. The van der Waals surface area contributed by atoms with Crippen LogP contribution in [0, 0.1) is 11.8 Å². The second kappa shape index (κ2) is 5.09. The summed E-state index contributed by atoms with van der Waals surface area (Å²) in [5.41, 5.74) is 1.36.